The van der Waals surface area contributed by atoms with Gasteiger partial charge in [0.2, 0.25) is 0 Å². The Kier molecular flexibility index (Phi) is 4.78. The lowest BCUT2D eigenvalue weighted by Crippen LogP contribution is -2.50. The van der Waals surface area contributed by atoms with Gasteiger partial charge in [0, 0.05) is 26.2 Å². The molecule has 0 bridgehead atoms. The van der Waals surface area contributed by atoms with Crippen LogP contribution in [0.1, 0.15) is 20.8 Å². The minimum Gasteiger partial charge on any atom is -0.494 e. The van der Waals surface area contributed by atoms with Crippen LogP contribution in [0.3, 0.4) is 0 Å². The number of amides is 1. The fraction of sp³-hybridized carbons (Fsp3) is 0.562. The van der Waals surface area contributed by atoms with Crippen molar-refractivity contribution in [3.63, 3.8) is 0 Å². The summed E-state index contributed by atoms with van der Waals surface area (Å²) in [6.07, 6.45) is -0.326. The Morgan fingerprint density at radius 1 is 1.18 bits per heavy atom. The quantitative estimate of drug-likeness (QED) is 0.842. The van der Waals surface area contributed by atoms with Crippen LogP contribution in [0.25, 0.3) is 0 Å². The van der Waals surface area contributed by atoms with Gasteiger partial charge < -0.3 is 19.3 Å². The summed E-state index contributed by atoms with van der Waals surface area (Å²) in [6.45, 7) is 7.58. The number of halogens is 1. The van der Waals surface area contributed by atoms with Crippen molar-refractivity contribution < 1.29 is 18.7 Å². The Hall–Kier alpha value is -1.98. The van der Waals surface area contributed by atoms with E-state index in [9.17, 15) is 9.18 Å². The number of anilines is 1. The van der Waals surface area contributed by atoms with E-state index in [0.29, 0.717) is 37.6 Å². The van der Waals surface area contributed by atoms with E-state index in [-0.39, 0.29) is 11.9 Å². The SMILES string of the molecule is COc1cccc(F)c1N1CCN(C(=O)OC(C)(C)C)CC1. The smallest absolute Gasteiger partial charge is 0.410 e. The van der Waals surface area contributed by atoms with Crippen LogP contribution in [0.15, 0.2) is 18.2 Å². The van der Waals surface area contributed by atoms with E-state index < -0.39 is 5.60 Å². The van der Waals surface area contributed by atoms with E-state index in [0.717, 1.165) is 0 Å². The van der Waals surface area contributed by atoms with Crippen LogP contribution in [-0.4, -0.2) is 49.9 Å². The van der Waals surface area contributed by atoms with Gasteiger partial charge in [0.1, 0.15) is 22.9 Å². The Morgan fingerprint density at radius 2 is 1.82 bits per heavy atom. The molecule has 0 spiro atoms. The molecule has 0 aliphatic carbocycles. The fourth-order valence-corrected chi connectivity index (χ4v) is 2.41. The molecule has 1 aliphatic rings. The standard InChI is InChI=1S/C16H23FN2O3/c1-16(2,3)22-15(20)19-10-8-18(9-11-19)14-12(17)6-5-7-13(14)21-4/h5-7H,8-11H2,1-4H3. The number of benzene rings is 1. The zero-order valence-electron chi connectivity index (χ0n) is 13.6. The molecule has 22 heavy (non-hydrogen) atoms. The number of ether oxygens (including phenoxy) is 2. The van der Waals surface area contributed by atoms with Gasteiger partial charge in [-0.05, 0) is 32.9 Å². The second-order valence-corrected chi connectivity index (χ2v) is 6.25. The maximum absolute atomic E-state index is 14.1. The maximum Gasteiger partial charge on any atom is 0.410 e. The van der Waals surface area contributed by atoms with E-state index in [2.05, 4.69) is 0 Å². The van der Waals surface area contributed by atoms with Crippen LogP contribution in [0.4, 0.5) is 14.9 Å². The van der Waals surface area contributed by atoms with Crippen molar-refractivity contribution in [1.29, 1.82) is 0 Å². The van der Waals surface area contributed by atoms with Gasteiger partial charge >= 0.3 is 6.09 Å². The zero-order valence-corrected chi connectivity index (χ0v) is 13.6. The monoisotopic (exact) mass is 310 g/mol. The van der Waals surface area contributed by atoms with Crippen LogP contribution in [0, 0.1) is 5.82 Å². The van der Waals surface area contributed by atoms with Gasteiger partial charge in [-0.1, -0.05) is 6.07 Å². The van der Waals surface area contributed by atoms with Crippen LogP contribution < -0.4 is 9.64 Å². The summed E-state index contributed by atoms with van der Waals surface area (Å²) in [5.41, 5.74) is -0.0583. The van der Waals surface area contributed by atoms with Crippen LogP contribution in [0.5, 0.6) is 5.75 Å². The van der Waals surface area contributed by atoms with Crippen molar-refractivity contribution in [3.05, 3.63) is 24.0 Å². The topological polar surface area (TPSA) is 42.0 Å². The average Bonchev–Trinajstić information content (AvgIpc) is 2.45. The van der Waals surface area contributed by atoms with Crippen molar-refractivity contribution in [2.75, 3.05) is 38.2 Å². The second-order valence-electron chi connectivity index (χ2n) is 6.25. The summed E-state index contributed by atoms with van der Waals surface area (Å²) in [5.74, 6) is 0.191. The third-order valence-electron chi connectivity index (χ3n) is 3.42. The number of rotatable bonds is 2. The number of hydrogen-bond acceptors (Lipinski definition) is 4. The number of nitrogens with zero attached hydrogens (tertiary/aromatic N) is 2. The molecule has 0 N–H and O–H groups in total. The molecule has 1 heterocycles. The molecule has 1 saturated heterocycles. The summed E-state index contributed by atoms with van der Waals surface area (Å²) >= 11 is 0. The first kappa shape index (κ1) is 16.4. The Labute approximate surface area is 130 Å². The number of piperazine rings is 1. The van der Waals surface area contributed by atoms with Crippen LogP contribution >= 0.6 is 0 Å². The van der Waals surface area contributed by atoms with Gasteiger partial charge in [-0.3, -0.25) is 0 Å². The lowest BCUT2D eigenvalue weighted by molar-refractivity contribution is 0.0240. The molecule has 5 nitrogen and oxygen atoms in total. The van der Waals surface area contributed by atoms with Crippen molar-refractivity contribution in [3.8, 4) is 5.75 Å². The van der Waals surface area contributed by atoms with Crippen molar-refractivity contribution in [1.82, 2.24) is 4.90 Å². The molecule has 0 aromatic heterocycles. The van der Waals surface area contributed by atoms with E-state index >= 15 is 0 Å². The second kappa shape index (κ2) is 6.42. The molecule has 1 aliphatic heterocycles. The van der Waals surface area contributed by atoms with Crippen LogP contribution in [0.2, 0.25) is 0 Å². The summed E-state index contributed by atoms with van der Waals surface area (Å²) in [7, 11) is 1.52. The Balaban J connectivity index is 2.02. The first-order valence-electron chi connectivity index (χ1n) is 7.37. The van der Waals surface area contributed by atoms with Crippen molar-refractivity contribution in [2.24, 2.45) is 0 Å². The number of hydrogen-bond donors (Lipinski definition) is 0. The molecule has 1 aromatic rings. The summed E-state index contributed by atoms with van der Waals surface area (Å²) < 4.78 is 24.7. The molecule has 1 fully saturated rings. The summed E-state index contributed by atoms with van der Waals surface area (Å²) in [6, 6.07) is 4.77. The third-order valence-corrected chi connectivity index (χ3v) is 3.42. The molecule has 6 heteroatoms. The van der Waals surface area contributed by atoms with E-state index in [1.54, 1.807) is 17.0 Å². The molecule has 1 amide bonds. The van der Waals surface area contributed by atoms with Crippen LogP contribution in [-0.2, 0) is 4.74 Å². The summed E-state index contributed by atoms with van der Waals surface area (Å²) in [5, 5.41) is 0. The zero-order chi connectivity index (χ0) is 16.3. The van der Waals surface area contributed by atoms with E-state index in [4.69, 9.17) is 9.47 Å². The lowest BCUT2D eigenvalue weighted by atomic mass is 10.2. The normalized spacial score (nSPS) is 15.7. The number of carbonyl (C=O) groups excluding carboxylic acids is 1. The van der Waals surface area contributed by atoms with Crippen molar-refractivity contribution in [2.45, 2.75) is 26.4 Å². The van der Waals surface area contributed by atoms with Gasteiger partial charge in [0.05, 0.1) is 7.11 Å². The minimum atomic E-state index is -0.511. The molecule has 0 radical (unpaired) electrons. The van der Waals surface area contributed by atoms with Gasteiger partial charge in [-0.25, -0.2) is 9.18 Å². The molecular weight excluding hydrogens is 287 g/mol. The van der Waals surface area contributed by atoms with E-state index in [1.807, 2.05) is 25.7 Å². The van der Waals surface area contributed by atoms with E-state index in [1.165, 1.54) is 13.2 Å². The van der Waals surface area contributed by atoms with Crippen molar-refractivity contribution >= 4 is 11.8 Å². The lowest BCUT2D eigenvalue weighted by Gasteiger charge is -2.37. The first-order valence-corrected chi connectivity index (χ1v) is 7.37. The highest BCUT2D eigenvalue weighted by molar-refractivity contribution is 5.69. The molecule has 0 unspecified atom stereocenters. The highest BCUT2D eigenvalue weighted by Gasteiger charge is 2.27. The maximum atomic E-state index is 14.1. The number of para-hydroxylation sites is 1. The minimum absolute atomic E-state index is 0.315. The predicted molar refractivity (Wildman–Crippen MR) is 83.0 cm³/mol. The highest BCUT2D eigenvalue weighted by Crippen LogP contribution is 2.31. The number of carbonyl (C=O) groups is 1. The largest absolute Gasteiger partial charge is 0.494 e. The highest BCUT2D eigenvalue weighted by atomic mass is 19.1. The predicted octanol–water partition coefficient (Wildman–Crippen LogP) is 2.89. The fourth-order valence-electron chi connectivity index (χ4n) is 2.41. The van der Waals surface area contributed by atoms with Gasteiger partial charge in [0.25, 0.3) is 0 Å². The Morgan fingerprint density at radius 3 is 2.36 bits per heavy atom. The molecule has 122 valence electrons. The molecule has 1 aromatic carbocycles. The van der Waals surface area contributed by atoms with Gasteiger partial charge in [0.15, 0.2) is 0 Å². The molecule has 2 rings (SSSR count). The average molecular weight is 310 g/mol. The Bertz CT molecular complexity index is 535. The molecule has 0 saturated carbocycles. The van der Waals surface area contributed by atoms with Gasteiger partial charge in [-0.2, -0.15) is 0 Å². The third kappa shape index (κ3) is 3.81. The molecular formula is C16H23FN2O3. The number of methoxy groups -OCH3 is 1. The first-order chi connectivity index (χ1) is 10.3. The summed E-state index contributed by atoms with van der Waals surface area (Å²) in [4.78, 5) is 15.6. The molecule has 0 atom stereocenters. The van der Waals surface area contributed by atoms with Gasteiger partial charge in [-0.15, -0.1) is 0 Å².